The maximum Gasteiger partial charge on any atom is 0.0468 e. The van der Waals surface area contributed by atoms with E-state index in [1.165, 1.54) is 5.69 Å². The molecule has 0 radical (unpaired) electrons. The first-order valence-corrected chi connectivity index (χ1v) is 6.43. The Balaban J connectivity index is 1.82. The molecule has 1 N–H and O–H groups in total. The second-order valence-corrected chi connectivity index (χ2v) is 4.91. The van der Waals surface area contributed by atoms with Crippen LogP contribution in [0.15, 0.2) is 30.3 Å². The molecule has 3 heteroatoms. The summed E-state index contributed by atoms with van der Waals surface area (Å²) in [7, 11) is 0. The minimum atomic E-state index is 0.291. The molecule has 0 bridgehead atoms. The lowest BCUT2D eigenvalue weighted by atomic mass is 10.1. The summed E-state index contributed by atoms with van der Waals surface area (Å²) in [6.45, 7) is 7.77. The summed E-state index contributed by atoms with van der Waals surface area (Å²) in [6.07, 6.45) is 0. The van der Waals surface area contributed by atoms with Crippen LogP contribution in [0.1, 0.15) is 6.92 Å². The Morgan fingerprint density at radius 2 is 1.76 bits per heavy atom. The number of hydrogen-bond acceptors (Lipinski definition) is 3. The van der Waals surface area contributed by atoms with Gasteiger partial charge in [0.1, 0.15) is 0 Å². The van der Waals surface area contributed by atoms with Crippen LogP contribution in [0.2, 0.25) is 0 Å². The van der Waals surface area contributed by atoms with E-state index in [4.69, 9.17) is 5.11 Å². The maximum absolute atomic E-state index is 9.06. The van der Waals surface area contributed by atoms with Crippen molar-refractivity contribution in [2.24, 2.45) is 5.92 Å². The van der Waals surface area contributed by atoms with Crippen LogP contribution in [0.5, 0.6) is 0 Å². The molecule has 1 saturated heterocycles. The predicted molar refractivity (Wildman–Crippen MR) is 71.3 cm³/mol. The quantitative estimate of drug-likeness (QED) is 0.854. The van der Waals surface area contributed by atoms with Gasteiger partial charge in [-0.05, 0) is 18.1 Å². The highest BCUT2D eigenvalue weighted by molar-refractivity contribution is 5.46. The van der Waals surface area contributed by atoms with Gasteiger partial charge in [0.05, 0.1) is 0 Å². The summed E-state index contributed by atoms with van der Waals surface area (Å²) in [5, 5.41) is 9.06. The number of anilines is 1. The minimum absolute atomic E-state index is 0.291. The Bertz CT molecular complexity index is 320. The first-order valence-electron chi connectivity index (χ1n) is 6.43. The molecule has 1 atom stereocenters. The Morgan fingerprint density at radius 3 is 2.35 bits per heavy atom. The van der Waals surface area contributed by atoms with Gasteiger partial charge in [0, 0.05) is 45.0 Å². The van der Waals surface area contributed by atoms with Gasteiger partial charge in [-0.3, -0.25) is 4.90 Å². The normalized spacial score (nSPS) is 19.3. The molecule has 1 unspecified atom stereocenters. The number of rotatable bonds is 4. The molecule has 0 amide bonds. The van der Waals surface area contributed by atoms with Crippen molar-refractivity contribution in [1.29, 1.82) is 0 Å². The third-order valence-electron chi connectivity index (χ3n) is 3.38. The van der Waals surface area contributed by atoms with E-state index in [-0.39, 0.29) is 0 Å². The van der Waals surface area contributed by atoms with Crippen LogP contribution in [-0.2, 0) is 0 Å². The zero-order chi connectivity index (χ0) is 12.1. The van der Waals surface area contributed by atoms with E-state index < -0.39 is 0 Å². The molecule has 17 heavy (non-hydrogen) atoms. The standard InChI is InChI=1S/C14H22N2O/c1-13(12-17)11-15-7-9-16(10-8-15)14-5-3-2-4-6-14/h2-6,13,17H,7-12H2,1H3. The van der Waals surface area contributed by atoms with Crippen LogP contribution in [0.3, 0.4) is 0 Å². The maximum atomic E-state index is 9.06. The Hall–Kier alpha value is -1.06. The van der Waals surface area contributed by atoms with Crippen LogP contribution >= 0.6 is 0 Å². The van der Waals surface area contributed by atoms with Crippen molar-refractivity contribution in [3.8, 4) is 0 Å². The molecule has 1 aliphatic rings. The van der Waals surface area contributed by atoms with Crippen LogP contribution in [-0.4, -0.2) is 49.3 Å². The van der Waals surface area contributed by atoms with Gasteiger partial charge >= 0.3 is 0 Å². The number of benzene rings is 1. The van der Waals surface area contributed by atoms with Gasteiger partial charge in [-0.2, -0.15) is 0 Å². The average Bonchev–Trinajstić information content (AvgIpc) is 2.40. The SMILES string of the molecule is CC(CO)CN1CCN(c2ccccc2)CC1. The summed E-state index contributed by atoms with van der Waals surface area (Å²) in [4.78, 5) is 4.88. The molecular formula is C14H22N2O. The van der Waals surface area contributed by atoms with Gasteiger partial charge in [0.25, 0.3) is 0 Å². The largest absolute Gasteiger partial charge is 0.396 e. The lowest BCUT2D eigenvalue weighted by Gasteiger charge is -2.37. The highest BCUT2D eigenvalue weighted by Crippen LogP contribution is 2.15. The number of aliphatic hydroxyl groups is 1. The van der Waals surface area contributed by atoms with Crippen molar-refractivity contribution < 1.29 is 5.11 Å². The van der Waals surface area contributed by atoms with Gasteiger partial charge in [-0.15, -0.1) is 0 Å². The fourth-order valence-electron chi connectivity index (χ4n) is 2.33. The molecule has 94 valence electrons. The lowest BCUT2D eigenvalue weighted by Crippen LogP contribution is -2.47. The molecule has 0 spiro atoms. The minimum Gasteiger partial charge on any atom is -0.396 e. The third kappa shape index (κ3) is 3.45. The molecule has 1 aromatic rings. The molecule has 1 aliphatic heterocycles. The topological polar surface area (TPSA) is 26.7 Å². The summed E-state index contributed by atoms with van der Waals surface area (Å²) >= 11 is 0. The molecule has 1 heterocycles. The first-order chi connectivity index (χ1) is 8.29. The van der Waals surface area contributed by atoms with Crippen molar-refractivity contribution in [2.45, 2.75) is 6.92 Å². The van der Waals surface area contributed by atoms with Crippen molar-refractivity contribution in [3.05, 3.63) is 30.3 Å². The van der Waals surface area contributed by atoms with Crippen molar-refractivity contribution >= 4 is 5.69 Å². The average molecular weight is 234 g/mol. The van der Waals surface area contributed by atoms with Crippen LogP contribution in [0, 0.1) is 5.92 Å². The van der Waals surface area contributed by atoms with Crippen molar-refractivity contribution in [3.63, 3.8) is 0 Å². The molecule has 1 fully saturated rings. The summed E-state index contributed by atoms with van der Waals surface area (Å²) in [6, 6.07) is 10.6. The first kappa shape index (κ1) is 12.4. The summed E-state index contributed by atoms with van der Waals surface area (Å²) in [5.74, 6) is 0.387. The third-order valence-corrected chi connectivity index (χ3v) is 3.38. The smallest absolute Gasteiger partial charge is 0.0468 e. The summed E-state index contributed by atoms with van der Waals surface area (Å²) in [5.41, 5.74) is 1.32. The highest BCUT2D eigenvalue weighted by atomic mass is 16.3. The molecule has 0 aliphatic carbocycles. The Morgan fingerprint density at radius 1 is 1.12 bits per heavy atom. The van der Waals surface area contributed by atoms with Crippen molar-refractivity contribution in [2.75, 3.05) is 44.2 Å². The molecule has 2 rings (SSSR count). The number of nitrogens with zero attached hydrogens (tertiary/aromatic N) is 2. The molecule has 0 saturated carbocycles. The molecular weight excluding hydrogens is 212 g/mol. The van der Waals surface area contributed by atoms with Crippen LogP contribution in [0.25, 0.3) is 0 Å². The zero-order valence-electron chi connectivity index (χ0n) is 10.5. The van der Waals surface area contributed by atoms with Gasteiger partial charge in [0.2, 0.25) is 0 Å². The van der Waals surface area contributed by atoms with E-state index in [0.29, 0.717) is 12.5 Å². The zero-order valence-corrected chi connectivity index (χ0v) is 10.5. The lowest BCUT2D eigenvalue weighted by molar-refractivity contribution is 0.167. The monoisotopic (exact) mass is 234 g/mol. The van der Waals surface area contributed by atoms with Crippen LogP contribution in [0.4, 0.5) is 5.69 Å². The van der Waals surface area contributed by atoms with E-state index >= 15 is 0 Å². The van der Waals surface area contributed by atoms with Crippen LogP contribution < -0.4 is 4.90 Å². The van der Waals surface area contributed by atoms with E-state index in [2.05, 4.69) is 47.1 Å². The Kier molecular flexibility index (Phi) is 4.40. The fraction of sp³-hybridized carbons (Fsp3) is 0.571. The van der Waals surface area contributed by atoms with Gasteiger partial charge in [0.15, 0.2) is 0 Å². The van der Waals surface area contributed by atoms with Crippen molar-refractivity contribution in [1.82, 2.24) is 4.90 Å². The second kappa shape index (κ2) is 6.03. The van der Waals surface area contributed by atoms with E-state index in [0.717, 1.165) is 32.7 Å². The van der Waals surface area contributed by atoms with E-state index in [1.807, 2.05) is 0 Å². The second-order valence-electron chi connectivity index (χ2n) is 4.91. The number of hydrogen-bond donors (Lipinski definition) is 1. The Labute approximate surface area is 104 Å². The predicted octanol–water partition coefficient (Wildman–Crippen LogP) is 1.44. The van der Waals surface area contributed by atoms with Gasteiger partial charge in [-0.1, -0.05) is 25.1 Å². The number of aliphatic hydroxyl groups excluding tert-OH is 1. The number of para-hydroxylation sites is 1. The van der Waals surface area contributed by atoms with E-state index in [1.54, 1.807) is 0 Å². The van der Waals surface area contributed by atoms with Gasteiger partial charge in [-0.25, -0.2) is 0 Å². The molecule has 1 aromatic carbocycles. The summed E-state index contributed by atoms with van der Waals surface area (Å²) < 4.78 is 0. The fourth-order valence-corrected chi connectivity index (χ4v) is 2.33. The number of piperazine rings is 1. The molecule has 3 nitrogen and oxygen atoms in total. The van der Waals surface area contributed by atoms with E-state index in [9.17, 15) is 0 Å². The highest BCUT2D eigenvalue weighted by Gasteiger charge is 2.18. The molecule has 0 aromatic heterocycles. The van der Waals surface area contributed by atoms with Gasteiger partial charge < -0.3 is 10.0 Å².